The van der Waals surface area contributed by atoms with Crippen LogP contribution >= 0.6 is 11.6 Å². The van der Waals surface area contributed by atoms with Crippen LogP contribution in [0, 0.1) is 0 Å². The summed E-state index contributed by atoms with van der Waals surface area (Å²) in [6, 6.07) is 6.66. The van der Waals surface area contributed by atoms with Gasteiger partial charge in [-0.15, -0.1) is 0 Å². The van der Waals surface area contributed by atoms with Crippen molar-refractivity contribution in [3.8, 4) is 11.3 Å². The molecule has 3 aromatic rings. The van der Waals surface area contributed by atoms with Crippen molar-refractivity contribution < 1.29 is 4.79 Å². The van der Waals surface area contributed by atoms with E-state index in [4.69, 9.17) is 11.6 Å². The van der Waals surface area contributed by atoms with Crippen molar-refractivity contribution in [3.63, 3.8) is 0 Å². The van der Waals surface area contributed by atoms with E-state index in [2.05, 4.69) is 25.4 Å². The van der Waals surface area contributed by atoms with Gasteiger partial charge in [0.25, 0.3) is 5.91 Å². The molecule has 0 radical (unpaired) electrons. The summed E-state index contributed by atoms with van der Waals surface area (Å²) in [5, 5.41) is 6.97. The molecule has 1 N–H and O–H groups in total. The lowest BCUT2D eigenvalue weighted by molar-refractivity contribution is 0.102. The highest BCUT2D eigenvalue weighted by molar-refractivity contribution is 6.29. The minimum atomic E-state index is -0.375. The van der Waals surface area contributed by atoms with Crippen molar-refractivity contribution in [3.05, 3.63) is 53.8 Å². The molecule has 0 saturated carbocycles. The lowest BCUT2D eigenvalue weighted by Gasteiger charge is -2.05. The van der Waals surface area contributed by atoms with E-state index in [1.165, 1.54) is 12.4 Å². The first-order valence-corrected chi connectivity index (χ1v) is 6.74. The van der Waals surface area contributed by atoms with Gasteiger partial charge in [-0.2, -0.15) is 5.10 Å². The van der Waals surface area contributed by atoms with Crippen LogP contribution in [-0.4, -0.2) is 30.6 Å². The Hall–Kier alpha value is -2.80. The number of anilines is 1. The highest BCUT2D eigenvalue weighted by Gasteiger charge is 2.11. The third kappa shape index (κ3) is 3.09. The Bertz CT molecular complexity index is 831. The second-order valence-corrected chi connectivity index (χ2v) is 4.88. The lowest BCUT2D eigenvalue weighted by Crippen LogP contribution is -2.14. The smallest absolute Gasteiger partial charge is 0.275 e. The lowest BCUT2D eigenvalue weighted by atomic mass is 10.2. The number of nitrogens with zero attached hydrogens (tertiary/aromatic N) is 5. The van der Waals surface area contributed by atoms with E-state index in [1.54, 1.807) is 23.0 Å². The largest absolute Gasteiger partial charge is 0.305 e. The molecule has 3 rings (SSSR count). The highest BCUT2D eigenvalue weighted by atomic mass is 35.5. The number of amides is 1. The summed E-state index contributed by atoms with van der Waals surface area (Å²) in [6.45, 7) is 0. The van der Waals surface area contributed by atoms with E-state index in [-0.39, 0.29) is 16.8 Å². The molecule has 0 saturated heterocycles. The minimum Gasteiger partial charge on any atom is -0.305 e. The monoisotopic (exact) mass is 314 g/mol. The summed E-state index contributed by atoms with van der Waals surface area (Å²) >= 11 is 5.75. The zero-order valence-corrected chi connectivity index (χ0v) is 12.3. The normalized spacial score (nSPS) is 10.5. The van der Waals surface area contributed by atoms with Crippen molar-refractivity contribution in [2.45, 2.75) is 0 Å². The maximum atomic E-state index is 12.2. The van der Waals surface area contributed by atoms with E-state index in [1.807, 2.05) is 19.3 Å². The molecule has 0 bridgehead atoms. The summed E-state index contributed by atoms with van der Waals surface area (Å²) in [5.74, 6) is -0.0564. The van der Waals surface area contributed by atoms with Crippen LogP contribution in [0.15, 0.2) is 43.0 Å². The summed E-state index contributed by atoms with van der Waals surface area (Å²) in [4.78, 5) is 24.2. The van der Waals surface area contributed by atoms with Gasteiger partial charge in [0.05, 0.1) is 11.9 Å². The number of aromatic nitrogens is 5. The first kappa shape index (κ1) is 14.2. The summed E-state index contributed by atoms with van der Waals surface area (Å²) in [7, 11) is 1.82. The Morgan fingerprint density at radius 3 is 2.91 bits per heavy atom. The summed E-state index contributed by atoms with van der Waals surface area (Å²) in [5.41, 5.74) is 1.78. The van der Waals surface area contributed by atoms with Gasteiger partial charge in [-0.3, -0.25) is 9.48 Å². The van der Waals surface area contributed by atoms with E-state index in [0.717, 1.165) is 5.56 Å². The average Bonchev–Trinajstić information content (AvgIpc) is 2.94. The minimum absolute atomic E-state index is 0.252. The molecular formula is C14H11ClN6O. The van der Waals surface area contributed by atoms with Crippen LogP contribution < -0.4 is 5.32 Å². The molecule has 8 heteroatoms. The van der Waals surface area contributed by atoms with Crippen molar-refractivity contribution in [2.75, 3.05) is 5.32 Å². The van der Waals surface area contributed by atoms with E-state index in [9.17, 15) is 4.79 Å². The SMILES string of the molecule is Cn1cc(-c2cccc(C(=O)Nc3cc(Cl)ncn3)n2)cn1. The first-order chi connectivity index (χ1) is 10.6. The summed E-state index contributed by atoms with van der Waals surface area (Å²) in [6.07, 6.45) is 4.79. The Balaban J connectivity index is 1.84. The fourth-order valence-corrected chi connectivity index (χ4v) is 2.00. The van der Waals surface area contributed by atoms with Crippen LogP contribution in [0.2, 0.25) is 5.15 Å². The van der Waals surface area contributed by atoms with E-state index in [0.29, 0.717) is 11.5 Å². The van der Waals surface area contributed by atoms with Gasteiger partial charge < -0.3 is 5.32 Å². The summed E-state index contributed by atoms with van der Waals surface area (Å²) < 4.78 is 1.67. The Kier molecular flexibility index (Phi) is 3.80. The third-order valence-corrected chi connectivity index (χ3v) is 3.06. The maximum Gasteiger partial charge on any atom is 0.275 e. The second-order valence-electron chi connectivity index (χ2n) is 4.49. The number of nitrogens with one attached hydrogen (secondary N) is 1. The first-order valence-electron chi connectivity index (χ1n) is 6.37. The fourth-order valence-electron chi connectivity index (χ4n) is 1.86. The number of halogens is 1. The van der Waals surface area contributed by atoms with Crippen LogP contribution in [0.1, 0.15) is 10.5 Å². The maximum absolute atomic E-state index is 12.2. The molecule has 0 atom stereocenters. The van der Waals surface area contributed by atoms with Crippen molar-refractivity contribution >= 4 is 23.3 Å². The fraction of sp³-hybridized carbons (Fsp3) is 0.0714. The number of aryl methyl sites for hydroxylation is 1. The van der Waals surface area contributed by atoms with Gasteiger partial charge in [-0.25, -0.2) is 15.0 Å². The van der Waals surface area contributed by atoms with Crippen LogP contribution in [0.4, 0.5) is 5.82 Å². The Morgan fingerprint density at radius 2 is 2.18 bits per heavy atom. The molecule has 0 aliphatic carbocycles. The van der Waals surface area contributed by atoms with Gasteiger partial charge in [-0.05, 0) is 12.1 Å². The second kappa shape index (κ2) is 5.90. The molecule has 0 aliphatic rings. The molecule has 0 unspecified atom stereocenters. The molecular weight excluding hydrogens is 304 g/mol. The zero-order chi connectivity index (χ0) is 15.5. The quantitative estimate of drug-likeness (QED) is 0.749. The van der Waals surface area contributed by atoms with Crippen LogP contribution in [0.5, 0.6) is 0 Å². The molecule has 3 heterocycles. The van der Waals surface area contributed by atoms with Gasteiger partial charge in [0, 0.05) is 24.9 Å². The van der Waals surface area contributed by atoms with E-state index >= 15 is 0 Å². The third-order valence-electron chi connectivity index (χ3n) is 2.86. The van der Waals surface area contributed by atoms with Crippen LogP contribution in [0.25, 0.3) is 11.3 Å². The predicted octanol–water partition coefficient (Wildman–Crippen LogP) is 2.18. The topological polar surface area (TPSA) is 85.6 Å². The number of rotatable bonds is 3. The number of carbonyl (C=O) groups excluding carboxylic acids is 1. The molecule has 7 nitrogen and oxygen atoms in total. The molecule has 22 heavy (non-hydrogen) atoms. The molecule has 3 aromatic heterocycles. The highest BCUT2D eigenvalue weighted by Crippen LogP contribution is 2.16. The Morgan fingerprint density at radius 1 is 1.32 bits per heavy atom. The zero-order valence-electron chi connectivity index (χ0n) is 11.6. The number of pyridine rings is 1. The molecule has 0 aliphatic heterocycles. The Labute approximate surface area is 131 Å². The van der Waals surface area contributed by atoms with Gasteiger partial charge >= 0.3 is 0 Å². The van der Waals surface area contributed by atoms with Crippen LogP contribution in [-0.2, 0) is 7.05 Å². The van der Waals surface area contributed by atoms with Gasteiger partial charge in [-0.1, -0.05) is 17.7 Å². The van der Waals surface area contributed by atoms with Crippen molar-refractivity contribution in [2.24, 2.45) is 7.05 Å². The molecule has 0 fully saturated rings. The van der Waals surface area contributed by atoms with E-state index < -0.39 is 0 Å². The predicted molar refractivity (Wildman–Crippen MR) is 81.4 cm³/mol. The standard InChI is InChI=1S/C14H11ClN6O/c1-21-7-9(6-18-21)10-3-2-4-11(19-10)14(22)20-13-5-12(15)16-8-17-13/h2-8H,1H3,(H,16,17,20,22). The van der Waals surface area contributed by atoms with Crippen LogP contribution in [0.3, 0.4) is 0 Å². The number of carbonyl (C=O) groups is 1. The molecule has 110 valence electrons. The van der Waals surface area contributed by atoms with Gasteiger partial charge in [0.15, 0.2) is 0 Å². The average molecular weight is 315 g/mol. The van der Waals surface area contributed by atoms with Gasteiger partial charge in [0.2, 0.25) is 0 Å². The molecule has 0 aromatic carbocycles. The van der Waals surface area contributed by atoms with Crippen molar-refractivity contribution in [1.82, 2.24) is 24.7 Å². The molecule has 1 amide bonds. The number of hydrogen-bond acceptors (Lipinski definition) is 5. The van der Waals surface area contributed by atoms with Crippen molar-refractivity contribution in [1.29, 1.82) is 0 Å². The molecule has 0 spiro atoms. The number of hydrogen-bond donors (Lipinski definition) is 1. The van der Waals surface area contributed by atoms with Gasteiger partial charge in [0.1, 0.15) is 23.0 Å².